The van der Waals surface area contributed by atoms with E-state index in [9.17, 15) is 4.79 Å². The predicted octanol–water partition coefficient (Wildman–Crippen LogP) is 3.05. The van der Waals surface area contributed by atoms with Gasteiger partial charge in [0.05, 0.1) is 5.56 Å². The number of amides is 1. The number of ether oxygens (including phenoxy) is 2. The van der Waals surface area contributed by atoms with E-state index in [-0.39, 0.29) is 11.9 Å². The summed E-state index contributed by atoms with van der Waals surface area (Å²) in [6.07, 6.45) is 0.883. The van der Waals surface area contributed by atoms with Crippen LogP contribution in [0.3, 0.4) is 0 Å². The monoisotopic (exact) mass is 295 g/mol. The standard InChI is InChI=1S/C18H17NO3/c1-12-11-13-5-2-3-7-15(13)19(12)18(20)14-6-4-8-16-17(14)22-10-9-21-16/h2-8,12H,9-11H2,1H3. The lowest BCUT2D eigenvalue weighted by atomic mass is 10.1. The Labute approximate surface area is 129 Å². The zero-order chi connectivity index (χ0) is 15.1. The summed E-state index contributed by atoms with van der Waals surface area (Å²) in [5, 5.41) is 0. The summed E-state index contributed by atoms with van der Waals surface area (Å²) in [7, 11) is 0. The van der Waals surface area contributed by atoms with E-state index in [1.807, 2.05) is 41.3 Å². The highest BCUT2D eigenvalue weighted by molar-refractivity contribution is 6.09. The number of carbonyl (C=O) groups is 1. The molecule has 1 amide bonds. The highest BCUT2D eigenvalue weighted by atomic mass is 16.6. The van der Waals surface area contributed by atoms with Crippen molar-refractivity contribution in [3.05, 3.63) is 53.6 Å². The number of carbonyl (C=O) groups excluding carboxylic acids is 1. The first-order valence-electron chi connectivity index (χ1n) is 7.56. The van der Waals surface area contributed by atoms with Gasteiger partial charge in [-0.3, -0.25) is 4.79 Å². The van der Waals surface area contributed by atoms with Crippen molar-refractivity contribution in [2.24, 2.45) is 0 Å². The van der Waals surface area contributed by atoms with Crippen LogP contribution in [0.15, 0.2) is 42.5 Å². The average Bonchev–Trinajstić information content (AvgIpc) is 2.89. The molecular formula is C18H17NO3. The Morgan fingerprint density at radius 3 is 2.82 bits per heavy atom. The van der Waals surface area contributed by atoms with Gasteiger partial charge in [-0.25, -0.2) is 0 Å². The van der Waals surface area contributed by atoms with Crippen LogP contribution in [0.25, 0.3) is 0 Å². The minimum absolute atomic E-state index is 0.0280. The third-order valence-electron chi connectivity index (χ3n) is 4.22. The molecule has 0 saturated carbocycles. The van der Waals surface area contributed by atoms with Gasteiger partial charge in [0.2, 0.25) is 0 Å². The molecule has 1 unspecified atom stereocenters. The van der Waals surface area contributed by atoms with E-state index in [2.05, 4.69) is 13.0 Å². The maximum atomic E-state index is 13.1. The topological polar surface area (TPSA) is 38.8 Å². The summed E-state index contributed by atoms with van der Waals surface area (Å²) < 4.78 is 11.3. The Morgan fingerprint density at radius 1 is 1.09 bits per heavy atom. The van der Waals surface area contributed by atoms with Gasteiger partial charge in [0, 0.05) is 11.7 Å². The van der Waals surface area contributed by atoms with E-state index in [1.165, 1.54) is 5.56 Å². The molecule has 4 rings (SSSR count). The molecule has 4 heteroatoms. The molecule has 0 bridgehead atoms. The van der Waals surface area contributed by atoms with Gasteiger partial charge >= 0.3 is 0 Å². The summed E-state index contributed by atoms with van der Waals surface area (Å²) >= 11 is 0. The first-order valence-corrected chi connectivity index (χ1v) is 7.56. The lowest BCUT2D eigenvalue weighted by Gasteiger charge is -2.26. The maximum Gasteiger partial charge on any atom is 0.262 e. The smallest absolute Gasteiger partial charge is 0.262 e. The normalized spacial score (nSPS) is 19.0. The predicted molar refractivity (Wildman–Crippen MR) is 83.8 cm³/mol. The minimum Gasteiger partial charge on any atom is -0.486 e. The van der Waals surface area contributed by atoms with Crippen LogP contribution in [0.2, 0.25) is 0 Å². The van der Waals surface area contributed by atoms with E-state index >= 15 is 0 Å². The number of para-hydroxylation sites is 2. The number of nitrogens with zero attached hydrogens (tertiary/aromatic N) is 1. The van der Waals surface area contributed by atoms with Gasteiger partial charge in [0.25, 0.3) is 5.91 Å². The van der Waals surface area contributed by atoms with Gasteiger partial charge in [-0.2, -0.15) is 0 Å². The molecule has 1 atom stereocenters. The van der Waals surface area contributed by atoms with Gasteiger partial charge in [-0.1, -0.05) is 24.3 Å². The van der Waals surface area contributed by atoms with E-state index in [4.69, 9.17) is 9.47 Å². The van der Waals surface area contributed by atoms with Crippen molar-refractivity contribution in [3.63, 3.8) is 0 Å². The van der Waals surface area contributed by atoms with Crippen LogP contribution in [0.5, 0.6) is 11.5 Å². The quantitative estimate of drug-likeness (QED) is 0.811. The number of fused-ring (bicyclic) bond motifs is 2. The zero-order valence-corrected chi connectivity index (χ0v) is 12.4. The number of rotatable bonds is 1. The molecule has 0 spiro atoms. The third kappa shape index (κ3) is 1.95. The van der Waals surface area contributed by atoms with E-state index in [0.29, 0.717) is 30.3 Å². The SMILES string of the molecule is CC1Cc2ccccc2N1C(=O)c1cccc2c1OCCO2. The second-order valence-electron chi connectivity index (χ2n) is 5.69. The van der Waals surface area contributed by atoms with E-state index < -0.39 is 0 Å². The van der Waals surface area contributed by atoms with Crippen LogP contribution in [-0.4, -0.2) is 25.2 Å². The van der Waals surface area contributed by atoms with Crippen molar-refractivity contribution in [1.82, 2.24) is 0 Å². The van der Waals surface area contributed by atoms with Crippen molar-refractivity contribution in [2.45, 2.75) is 19.4 Å². The van der Waals surface area contributed by atoms with Crippen molar-refractivity contribution in [2.75, 3.05) is 18.1 Å². The van der Waals surface area contributed by atoms with Crippen LogP contribution in [0.4, 0.5) is 5.69 Å². The van der Waals surface area contributed by atoms with Crippen LogP contribution in [-0.2, 0) is 6.42 Å². The van der Waals surface area contributed by atoms with E-state index in [0.717, 1.165) is 12.1 Å². The van der Waals surface area contributed by atoms with Crippen molar-refractivity contribution < 1.29 is 14.3 Å². The summed E-state index contributed by atoms with van der Waals surface area (Å²) in [5.74, 6) is 1.19. The van der Waals surface area contributed by atoms with Gasteiger partial charge < -0.3 is 14.4 Å². The first kappa shape index (κ1) is 13.2. The molecule has 0 aliphatic carbocycles. The molecule has 0 saturated heterocycles. The molecule has 0 radical (unpaired) electrons. The van der Waals surface area contributed by atoms with Crippen molar-refractivity contribution in [1.29, 1.82) is 0 Å². The van der Waals surface area contributed by atoms with Crippen LogP contribution >= 0.6 is 0 Å². The Balaban J connectivity index is 1.77. The van der Waals surface area contributed by atoms with Crippen molar-refractivity contribution >= 4 is 11.6 Å². The largest absolute Gasteiger partial charge is 0.486 e. The fourth-order valence-electron chi connectivity index (χ4n) is 3.25. The number of hydrogen-bond acceptors (Lipinski definition) is 3. The van der Waals surface area contributed by atoms with Gasteiger partial charge in [-0.05, 0) is 37.1 Å². The minimum atomic E-state index is -0.0280. The van der Waals surface area contributed by atoms with Gasteiger partial charge in [0.15, 0.2) is 11.5 Å². The molecule has 112 valence electrons. The Kier molecular flexibility index (Phi) is 3.03. The maximum absolute atomic E-state index is 13.1. The lowest BCUT2D eigenvalue weighted by Crippen LogP contribution is -2.36. The highest BCUT2D eigenvalue weighted by Crippen LogP contribution is 2.38. The number of benzene rings is 2. The summed E-state index contributed by atoms with van der Waals surface area (Å²) in [6.45, 7) is 3.07. The number of anilines is 1. The zero-order valence-electron chi connectivity index (χ0n) is 12.4. The van der Waals surface area contributed by atoms with Crippen LogP contribution in [0.1, 0.15) is 22.8 Å². The Bertz CT molecular complexity index is 741. The molecule has 2 aliphatic heterocycles. The van der Waals surface area contributed by atoms with Crippen LogP contribution in [0, 0.1) is 0 Å². The second-order valence-corrected chi connectivity index (χ2v) is 5.69. The average molecular weight is 295 g/mol. The molecule has 0 fully saturated rings. The summed E-state index contributed by atoms with van der Waals surface area (Å²) in [4.78, 5) is 14.9. The highest BCUT2D eigenvalue weighted by Gasteiger charge is 2.33. The first-order chi connectivity index (χ1) is 10.8. The summed E-state index contributed by atoms with van der Waals surface area (Å²) in [5.41, 5.74) is 2.78. The van der Waals surface area contributed by atoms with E-state index in [1.54, 1.807) is 0 Å². The molecule has 0 aromatic heterocycles. The molecule has 4 nitrogen and oxygen atoms in total. The fraction of sp³-hybridized carbons (Fsp3) is 0.278. The molecule has 2 aliphatic rings. The molecule has 0 N–H and O–H groups in total. The van der Waals surface area contributed by atoms with Gasteiger partial charge in [-0.15, -0.1) is 0 Å². The van der Waals surface area contributed by atoms with Gasteiger partial charge in [0.1, 0.15) is 13.2 Å². The van der Waals surface area contributed by atoms with Crippen LogP contribution < -0.4 is 14.4 Å². The second kappa shape index (κ2) is 5.05. The number of hydrogen-bond donors (Lipinski definition) is 0. The molecule has 2 heterocycles. The molecular weight excluding hydrogens is 278 g/mol. The third-order valence-corrected chi connectivity index (χ3v) is 4.22. The lowest BCUT2D eigenvalue weighted by molar-refractivity contribution is 0.0970. The molecule has 22 heavy (non-hydrogen) atoms. The Morgan fingerprint density at radius 2 is 1.91 bits per heavy atom. The molecule has 2 aromatic carbocycles. The Hall–Kier alpha value is -2.49. The molecule has 2 aromatic rings. The fourth-order valence-corrected chi connectivity index (χ4v) is 3.25. The summed E-state index contributed by atoms with van der Waals surface area (Å²) in [6, 6.07) is 13.7. The van der Waals surface area contributed by atoms with Crippen molar-refractivity contribution in [3.8, 4) is 11.5 Å².